The predicted octanol–water partition coefficient (Wildman–Crippen LogP) is 2.45. The highest BCUT2D eigenvalue weighted by Crippen LogP contribution is 2.20. The number of hydrogen-bond donors (Lipinski definition) is 2. The molecule has 0 spiro atoms. The lowest BCUT2D eigenvalue weighted by atomic mass is 10.2. The number of sulfonamides is 1. The number of rotatable bonds is 5. The second-order valence-corrected chi connectivity index (χ2v) is 7.59. The zero-order chi connectivity index (χ0) is 13.9. The van der Waals surface area contributed by atoms with E-state index in [0.717, 1.165) is 14.9 Å². The van der Waals surface area contributed by atoms with Crippen LogP contribution in [0.25, 0.3) is 0 Å². The first-order valence-corrected chi connectivity index (χ1v) is 8.68. The van der Waals surface area contributed by atoms with Crippen molar-refractivity contribution < 1.29 is 8.42 Å². The molecule has 1 heterocycles. The van der Waals surface area contributed by atoms with Crippen LogP contribution in [0.1, 0.15) is 10.4 Å². The summed E-state index contributed by atoms with van der Waals surface area (Å²) in [4.78, 5) is 1.19. The fourth-order valence-electron chi connectivity index (χ4n) is 1.54. The highest BCUT2D eigenvalue weighted by molar-refractivity contribution is 9.10. The molecule has 0 atom stereocenters. The molecule has 0 aliphatic heterocycles. The Hall–Kier alpha value is -0.730. The summed E-state index contributed by atoms with van der Waals surface area (Å²) < 4.78 is 27.8. The van der Waals surface area contributed by atoms with Crippen molar-refractivity contribution >= 4 is 37.3 Å². The average Bonchev–Trinajstić information content (AvgIpc) is 2.82. The molecule has 0 aliphatic carbocycles. The van der Waals surface area contributed by atoms with Crippen LogP contribution in [0.3, 0.4) is 0 Å². The molecule has 0 radical (unpaired) electrons. The standard InChI is InChI=1S/C12H13BrN2O2S2/c13-10-5-11(18-8-10)7-15-19(16,17)12-3-1-2-9(4-12)6-14/h1-5,8,15H,6-7,14H2. The monoisotopic (exact) mass is 360 g/mol. The fourth-order valence-corrected chi connectivity index (χ4v) is 4.09. The second kappa shape index (κ2) is 6.15. The van der Waals surface area contributed by atoms with Gasteiger partial charge in [-0.15, -0.1) is 11.3 Å². The molecule has 0 saturated heterocycles. The number of benzene rings is 1. The fraction of sp³-hybridized carbons (Fsp3) is 0.167. The minimum atomic E-state index is -3.50. The third-order valence-corrected chi connectivity index (χ3v) is 5.60. The molecule has 7 heteroatoms. The van der Waals surface area contributed by atoms with Crippen LogP contribution in [0, 0.1) is 0 Å². The Balaban J connectivity index is 2.13. The summed E-state index contributed by atoms with van der Waals surface area (Å²) in [7, 11) is -3.50. The summed E-state index contributed by atoms with van der Waals surface area (Å²) >= 11 is 4.83. The van der Waals surface area contributed by atoms with Gasteiger partial charge in [0.15, 0.2) is 0 Å². The van der Waals surface area contributed by atoms with Gasteiger partial charge in [-0.25, -0.2) is 13.1 Å². The molecule has 1 aromatic carbocycles. The predicted molar refractivity (Wildman–Crippen MR) is 80.4 cm³/mol. The lowest BCUT2D eigenvalue weighted by Gasteiger charge is -2.06. The lowest BCUT2D eigenvalue weighted by Crippen LogP contribution is -2.23. The first kappa shape index (κ1) is 14.7. The lowest BCUT2D eigenvalue weighted by molar-refractivity contribution is 0.581. The molecule has 102 valence electrons. The summed E-state index contributed by atoms with van der Waals surface area (Å²) in [5.41, 5.74) is 6.30. The minimum absolute atomic E-state index is 0.242. The SMILES string of the molecule is NCc1cccc(S(=O)(=O)NCc2cc(Br)cs2)c1. The molecular formula is C12H13BrN2O2S2. The van der Waals surface area contributed by atoms with Crippen LogP contribution >= 0.6 is 27.3 Å². The van der Waals surface area contributed by atoms with E-state index in [1.165, 1.54) is 11.3 Å². The first-order chi connectivity index (χ1) is 9.01. The summed E-state index contributed by atoms with van der Waals surface area (Å²) in [5, 5.41) is 1.92. The molecule has 0 saturated carbocycles. The third kappa shape index (κ3) is 3.87. The van der Waals surface area contributed by atoms with E-state index in [-0.39, 0.29) is 11.4 Å². The van der Waals surface area contributed by atoms with Crippen molar-refractivity contribution in [1.82, 2.24) is 4.72 Å². The van der Waals surface area contributed by atoms with Crippen molar-refractivity contribution in [1.29, 1.82) is 0 Å². The number of thiophene rings is 1. The molecule has 0 unspecified atom stereocenters. The smallest absolute Gasteiger partial charge is 0.240 e. The summed E-state index contributed by atoms with van der Waals surface area (Å²) in [6, 6.07) is 8.54. The number of hydrogen-bond acceptors (Lipinski definition) is 4. The Labute approximate surface area is 124 Å². The Bertz CT molecular complexity index is 668. The molecule has 0 fully saturated rings. The van der Waals surface area contributed by atoms with Gasteiger partial charge < -0.3 is 5.73 Å². The Morgan fingerprint density at radius 1 is 1.32 bits per heavy atom. The van der Waals surface area contributed by atoms with Crippen LogP contribution in [0.15, 0.2) is 45.1 Å². The van der Waals surface area contributed by atoms with Gasteiger partial charge >= 0.3 is 0 Å². The van der Waals surface area contributed by atoms with Crippen molar-refractivity contribution in [2.45, 2.75) is 18.0 Å². The number of halogens is 1. The third-order valence-electron chi connectivity index (χ3n) is 2.50. The second-order valence-electron chi connectivity index (χ2n) is 3.91. The highest BCUT2D eigenvalue weighted by atomic mass is 79.9. The Kier molecular flexibility index (Phi) is 4.75. The van der Waals surface area contributed by atoms with Crippen LogP contribution in [0.5, 0.6) is 0 Å². The number of nitrogens with two attached hydrogens (primary N) is 1. The van der Waals surface area contributed by atoms with Crippen LogP contribution in [0.4, 0.5) is 0 Å². The van der Waals surface area contributed by atoms with E-state index >= 15 is 0 Å². The molecule has 3 N–H and O–H groups in total. The maximum atomic E-state index is 12.1. The van der Waals surface area contributed by atoms with E-state index in [1.54, 1.807) is 24.3 Å². The average molecular weight is 361 g/mol. The molecule has 2 rings (SSSR count). The van der Waals surface area contributed by atoms with Gasteiger partial charge in [0.2, 0.25) is 10.0 Å². The zero-order valence-electron chi connectivity index (χ0n) is 9.97. The Morgan fingerprint density at radius 2 is 2.11 bits per heavy atom. The van der Waals surface area contributed by atoms with Crippen LogP contribution < -0.4 is 10.5 Å². The van der Waals surface area contributed by atoms with Crippen molar-refractivity contribution in [3.8, 4) is 0 Å². The van der Waals surface area contributed by atoms with Gasteiger partial charge in [-0.05, 0) is 39.7 Å². The van der Waals surface area contributed by atoms with Crippen molar-refractivity contribution in [2.24, 2.45) is 5.73 Å². The van der Waals surface area contributed by atoms with Crippen LogP contribution in [-0.4, -0.2) is 8.42 Å². The molecule has 2 aromatic rings. The Morgan fingerprint density at radius 3 is 2.74 bits per heavy atom. The van der Waals surface area contributed by atoms with Gasteiger partial charge in [0.25, 0.3) is 0 Å². The van der Waals surface area contributed by atoms with E-state index in [4.69, 9.17) is 5.73 Å². The molecule has 0 amide bonds. The first-order valence-electron chi connectivity index (χ1n) is 5.53. The molecule has 19 heavy (non-hydrogen) atoms. The van der Waals surface area contributed by atoms with Crippen LogP contribution in [-0.2, 0) is 23.1 Å². The minimum Gasteiger partial charge on any atom is -0.326 e. The largest absolute Gasteiger partial charge is 0.326 e. The van der Waals surface area contributed by atoms with Gasteiger partial charge in [-0.3, -0.25) is 0 Å². The van der Waals surface area contributed by atoms with Crippen molar-refractivity contribution in [3.05, 3.63) is 50.6 Å². The van der Waals surface area contributed by atoms with Gasteiger partial charge in [-0.2, -0.15) is 0 Å². The van der Waals surface area contributed by atoms with Crippen molar-refractivity contribution in [3.63, 3.8) is 0 Å². The number of nitrogens with one attached hydrogen (secondary N) is 1. The molecule has 1 aromatic heterocycles. The van der Waals surface area contributed by atoms with Gasteiger partial charge in [0, 0.05) is 27.8 Å². The maximum Gasteiger partial charge on any atom is 0.240 e. The van der Waals surface area contributed by atoms with E-state index in [2.05, 4.69) is 20.7 Å². The molecule has 4 nitrogen and oxygen atoms in total. The zero-order valence-corrected chi connectivity index (χ0v) is 13.2. The normalized spacial score (nSPS) is 11.7. The van der Waals surface area contributed by atoms with E-state index < -0.39 is 10.0 Å². The highest BCUT2D eigenvalue weighted by Gasteiger charge is 2.14. The van der Waals surface area contributed by atoms with Gasteiger partial charge in [0.1, 0.15) is 0 Å². The maximum absolute atomic E-state index is 12.1. The van der Waals surface area contributed by atoms with Gasteiger partial charge in [0.05, 0.1) is 4.90 Å². The summed E-state index contributed by atoms with van der Waals surface area (Å²) in [6.45, 7) is 0.604. The van der Waals surface area contributed by atoms with E-state index in [1.807, 2.05) is 11.4 Å². The molecular weight excluding hydrogens is 348 g/mol. The molecule has 0 bridgehead atoms. The quantitative estimate of drug-likeness (QED) is 0.859. The molecule has 0 aliphatic rings. The van der Waals surface area contributed by atoms with E-state index in [0.29, 0.717) is 6.54 Å². The summed E-state index contributed by atoms with van der Waals surface area (Å²) in [6.07, 6.45) is 0. The van der Waals surface area contributed by atoms with Gasteiger partial charge in [-0.1, -0.05) is 12.1 Å². The van der Waals surface area contributed by atoms with Crippen molar-refractivity contribution in [2.75, 3.05) is 0 Å². The summed E-state index contributed by atoms with van der Waals surface area (Å²) in [5.74, 6) is 0. The topological polar surface area (TPSA) is 72.2 Å². The van der Waals surface area contributed by atoms with Crippen LogP contribution in [0.2, 0.25) is 0 Å². The van der Waals surface area contributed by atoms with E-state index in [9.17, 15) is 8.42 Å².